The number of anilines is 1. The summed E-state index contributed by atoms with van der Waals surface area (Å²) in [7, 11) is 1.54. The van der Waals surface area contributed by atoms with E-state index in [0.717, 1.165) is 11.1 Å². The van der Waals surface area contributed by atoms with E-state index in [0.29, 0.717) is 40.4 Å². The molecule has 2 aromatic carbocycles. The summed E-state index contributed by atoms with van der Waals surface area (Å²) in [6.07, 6.45) is 2.35. The van der Waals surface area contributed by atoms with Gasteiger partial charge in [0.15, 0.2) is 11.7 Å². The number of halogens is 1. The minimum absolute atomic E-state index is 0.147. The lowest BCUT2D eigenvalue weighted by atomic mass is 10.0. The summed E-state index contributed by atoms with van der Waals surface area (Å²) in [4.78, 5) is 16.7. The largest absolute Gasteiger partial charge is 0.495 e. The van der Waals surface area contributed by atoms with Gasteiger partial charge in [-0.3, -0.25) is 4.79 Å². The molecule has 0 bridgehead atoms. The van der Waals surface area contributed by atoms with Crippen molar-refractivity contribution in [1.29, 1.82) is 0 Å². The van der Waals surface area contributed by atoms with Gasteiger partial charge in [0.2, 0.25) is 5.91 Å². The molecule has 3 aromatic rings. The maximum absolute atomic E-state index is 12.4. The molecule has 0 aliphatic rings. The van der Waals surface area contributed by atoms with Crippen molar-refractivity contribution in [1.82, 2.24) is 4.98 Å². The first-order valence-electron chi connectivity index (χ1n) is 9.56. The molecule has 1 aromatic heterocycles. The zero-order chi connectivity index (χ0) is 21.0. The molecule has 0 radical (unpaired) electrons. The van der Waals surface area contributed by atoms with Gasteiger partial charge in [-0.2, -0.15) is 0 Å². The second-order valence-corrected chi connectivity index (χ2v) is 7.65. The van der Waals surface area contributed by atoms with E-state index >= 15 is 0 Å². The van der Waals surface area contributed by atoms with Gasteiger partial charge in [-0.15, -0.1) is 0 Å². The van der Waals surface area contributed by atoms with E-state index in [2.05, 4.69) is 36.3 Å². The molecule has 0 unspecified atom stereocenters. The molecular formula is C23H25ClN2O3. The first kappa shape index (κ1) is 20.9. The normalized spacial score (nSPS) is 11.0. The van der Waals surface area contributed by atoms with E-state index in [1.807, 2.05) is 19.1 Å². The lowest BCUT2D eigenvalue weighted by Crippen LogP contribution is -2.13. The van der Waals surface area contributed by atoms with Crippen molar-refractivity contribution < 1.29 is 13.9 Å². The Kier molecular flexibility index (Phi) is 6.60. The highest BCUT2D eigenvalue weighted by molar-refractivity contribution is 6.31. The number of nitrogens with one attached hydrogen (secondary N) is 1. The van der Waals surface area contributed by atoms with Gasteiger partial charge in [0.05, 0.1) is 19.0 Å². The van der Waals surface area contributed by atoms with Crippen molar-refractivity contribution in [3.8, 4) is 17.1 Å². The maximum Gasteiger partial charge on any atom is 0.224 e. The summed E-state index contributed by atoms with van der Waals surface area (Å²) < 4.78 is 11.1. The molecule has 29 heavy (non-hydrogen) atoms. The van der Waals surface area contributed by atoms with E-state index in [4.69, 9.17) is 20.8 Å². The quantitative estimate of drug-likeness (QED) is 0.516. The SMILES string of the molecule is COc1cc(Cl)c(C)cc1NC(=O)CCc1ncc(-c2ccc(C(C)C)cc2)o1. The van der Waals surface area contributed by atoms with Crippen LogP contribution in [0.15, 0.2) is 47.0 Å². The van der Waals surface area contributed by atoms with Crippen LogP contribution in [0.4, 0.5) is 5.69 Å². The summed E-state index contributed by atoms with van der Waals surface area (Å²) >= 11 is 6.11. The Morgan fingerprint density at radius 3 is 2.62 bits per heavy atom. The summed E-state index contributed by atoms with van der Waals surface area (Å²) in [6, 6.07) is 11.7. The monoisotopic (exact) mass is 412 g/mol. The minimum Gasteiger partial charge on any atom is -0.495 e. The van der Waals surface area contributed by atoms with Crippen LogP contribution in [-0.4, -0.2) is 18.0 Å². The zero-order valence-corrected chi connectivity index (χ0v) is 17.8. The average Bonchev–Trinajstić information content (AvgIpc) is 3.18. The molecule has 1 N–H and O–H groups in total. The van der Waals surface area contributed by atoms with Gasteiger partial charge in [-0.05, 0) is 30.0 Å². The van der Waals surface area contributed by atoms with Crippen LogP contribution in [0.25, 0.3) is 11.3 Å². The second kappa shape index (κ2) is 9.14. The van der Waals surface area contributed by atoms with Gasteiger partial charge in [0.25, 0.3) is 0 Å². The van der Waals surface area contributed by atoms with Crippen LogP contribution in [0.5, 0.6) is 5.75 Å². The van der Waals surface area contributed by atoms with Crippen molar-refractivity contribution in [3.63, 3.8) is 0 Å². The molecular weight excluding hydrogens is 388 g/mol. The Morgan fingerprint density at radius 1 is 1.24 bits per heavy atom. The fraction of sp³-hybridized carbons (Fsp3) is 0.304. The smallest absolute Gasteiger partial charge is 0.224 e. The molecule has 0 atom stereocenters. The van der Waals surface area contributed by atoms with Crippen LogP contribution >= 0.6 is 11.6 Å². The standard InChI is InChI=1S/C23H25ClN2O3/c1-14(2)16-5-7-17(8-6-16)21-13-25-23(29-21)10-9-22(27)26-19-11-15(3)18(24)12-20(19)28-4/h5-8,11-14H,9-10H2,1-4H3,(H,26,27). The summed E-state index contributed by atoms with van der Waals surface area (Å²) in [5.41, 5.74) is 3.71. The van der Waals surface area contributed by atoms with Crippen molar-refractivity contribution in [2.45, 2.75) is 39.5 Å². The summed E-state index contributed by atoms with van der Waals surface area (Å²) in [5.74, 6) is 2.09. The number of benzene rings is 2. The van der Waals surface area contributed by atoms with Gasteiger partial charge in [0, 0.05) is 29.5 Å². The van der Waals surface area contributed by atoms with Gasteiger partial charge in [0.1, 0.15) is 5.75 Å². The number of hydrogen-bond acceptors (Lipinski definition) is 4. The molecule has 0 spiro atoms. The number of carbonyl (C=O) groups excluding carboxylic acids is 1. The average molecular weight is 413 g/mol. The number of aromatic nitrogens is 1. The first-order chi connectivity index (χ1) is 13.9. The number of nitrogens with zero attached hydrogens (tertiary/aromatic N) is 1. The van der Waals surface area contributed by atoms with E-state index in [-0.39, 0.29) is 12.3 Å². The van der Waals surface area contributed by atoms with E-state index < -0.39 is 0 Å². The van der Waals surface area contributed by atoms with Crippen LogP contribution in [0.1, 0.15) is 43.2 Å². The molecule has 1 heterocycles. The van der Waals surface area contributed by atoms with Crippen LogP contribution < -0.4 is 10.1 Å². The highest BCUT2D eigenvalue weighted by Gasteiger charge is 2.13. The molecule has 0 aliphatic heterocycles. The van der Waals surface area contributed by atoms with Gasteiger partial charge in [-0.25, -0.2) is 4.98 Å². The predicted molar refractivity (Wildman–Crippen MR) is 116 cm³/mol. The second-order valence-electron chi connectivity index (χ2n) is 7.24. The number of methoxy groups -OCH3 is 1. The number of ether oxygens (including phenoxy) is 1. The summed E-state index contributed by atoms with van der Waals surface area (Å²) in [5, 5.41) is 3.45. The van der Waals surface area contributed by atoms with Crippen LogP contribution in [0.2, 0.25) is 5.02 Å². The molecule has 0 saturated heterocycles. The van der Waals surface area contributed by atoms with Crippen LogP contribution in [0, 0.1) is 6.92 Å². The Bertz CT molecular complexity index is 994. The minimum atomic E-state index is -0.147. The molecule has 1 amide bonds. The third kappa shape index (κ3) is 5.18. The highest BCUT2D eigenvalue weighted by Crippen LogP contribution is 2.31. The Morgan fingerprint density at radius 2 is 1.97 bits per heavy atom. The van der Waals surface area contributed by atoms with Crippen molar-refractivity contribution in [2.24, 2.45) is 0 Å². The van der Waals surface area contributed by atoms with Crippen LogP contribution in [-0.2, 0) is 11.2 Å². The van der Waals surface area contributed by atoms with Gasteiger partial charge in [-0.1, -0.05) is 49.7 Å². The number of carbonyl (C=O) groups is 1. The van der Waals surface area contributed by atoms with Crippen LogP contribution in [0.3, 0.4) is 0 Å². The molecule has 6 heteroatoms. The molecule has 0 saturated carbocycles. The first-order valence-corrected chi connectivity index (χ1v) is 9.94. The lowest BCUT2D eigenvalue weighted by Gasteiger charge is -2.12. The Hall–Kier alpha value is -2.79. The highest BCUT2D eigenvalue weighted by atomic mass is 35.5. The van der Waals surface area contributed by atoms with Crippen molar-refractivity contribution in [2.75, 3.05) is 12.4 Å². The third-order valence-electron chi connectivity index (χ3n) is 4.74. The Balaban J connectivity index is 1.61. The molecule has 3 rings (SSSR count). The third-order valence-corrected chi connectivity index (χ3v) is 5.14. The lowest BCUT2D eigenvalue weighted by molar-refractivity contribution is -0.116. The number of oxazole rings is 1. The number of aryl methyl sites for hydroxylation is 2. The fourth-order valence-corrected chi connectivity index (χ4v) is 3.11. The van der Waals surface area contributed by atoms with E-state index in [9.17, 15) is 4.79 Å². The number of hydrogen-bond donors (Lipinski definition) is 1. The summed E-state index contributed by atoms with van der Waals surface area (Å²) in [6.45, 7) is 6.19. The van der Waals surface area contributed by atoms with E-state index in [1.165, 1.54) is 5.56 Å². The number of amides is 1. The Labute approximate surface area is 176 Å². The predicted octanol–water partition coefficient (Wildman–Crippen LogP) is 6.01. The van der Waals surface area contributed by atoms with Gasteiger partial charge >= 0.3 is 0 Å². The maximum atomic E-state index is 12.4. The molecule has 0 fully saturated rings. The van der Waals surface area contributed by atoms with Gasteiger partial charge < -0.3 is 14.5 Å². The van der Waals surface area contributed by atoms with Crippen molar-refractivity contribution >= 4 is 23.2 Å². The number of rotatable bonds is 7. The van der Waals surface area contributed by atoms with Crippen molar-refractivity contribution in [3.05, 3.63) is 64.6 Å². The fourth-order valence-electron chi connectivity index (χ4n) is 2.95. The zero-order valence-electron chi connectivity index (χ0n) is 17.1. The topological polar surface area (TPSA) is 64.4 Å². The molecule has 0 aliphatic carbocycles. The van der Waals surface area contributed by atoms with E-state index in [1.54, 1.807) is 25.4 Å². The molecule has 152 valence electrons. The molecule has 5 nitrogen and oxygen atoms in total.